The Morgan fingerprint density at radius 2 is 2.00 bits per heavy atom. The van der Waals surface area contributed by atoms with Crippen LogP contribution in [0.15, 0.2) is 47.5 Å². The number of benzene rings is 2. The summed E-state index contributed by atoms with van der Waals surface area (Å²) in [5.41, 5.74) is 1.68. The molecule has 1 aliphatic rings. The molecule has 29 heavy (non-hydrogen) atoms. The molecule has 0 spiro atoms. The molecule has 0 radical (unpaired) electrons. The lowest BCUT2D eigenvalue weighted by Gasteiger charge is -2.18. The number of rotatable bonds is 5. The maximum Gasteiger partial charge on any atom is 0.234 e. The van der Waals surface area contributed by atoms with E-state index in [4.69, 9.17) is 14.2 Å². The number of carbonyl (C=O) groups is 1. The smallest absolute Gasteiger partial charge is 0.234 e. The van der Waals surface area contributed by atoms with Crippen molar-refractivity contribution in [1.82, 2.24) is 4.98 Å². The van der Waals surface area contributed by atoms with Crippen molar-refractivity contribution < 1.29 is 19.0 Å². The number of nitrogens with zero attached hydrogens (tertiary/aromatic N) is 2. The second-order valence-electron chi connectivity index (χ2n) is 6.18. The summed E-state index contributed by atoms with van der Waals surface area (Å²) in [6, 6.07) is 14.7. The lowest BCUT2D eigenvalue weighted by Crippen LogP contribution is -2.15. The van der Waals surface area contributed by atoms with Gasteiger partial charge in [0, 0.05) is 11.5 Å². The largest absolute Gasteiger partial charge is 0.495 e. The van der Waals surface area contributed by atoms with E-state index in [0.717, 1.165) is 5.39 Å². The van der Waals surface area contributed by atoms with Crippen LogP contribution < -0.4 is 19.5 Å². The van der Waals surface area contributed by atoms with Crippen molar-refractivity contribution >= 4 is 34.3 Å². The molecule has 8 heteroatoms. The van der Waals surface area contributed by atoms with E-state index in [9.17, 15) is 10.1 Å². The van der Waals surface area contributed by atoms with Crippen LogP contribution in [-0.4, -0.2) is 37.0 Å². The molecule has 1 amide bonds. The molecule has 2 heterocycles. The second-order valence-corrected chi connectivity index (χ2v) is 7.14. The number of amides is 1. The van der Waals surface area contributed by atoms with Crippen LogP contribution in [0, 0.1) is 11.3 Å². The van der Waals surface area contributed by atoms with Crippen LogP contribution >= 0.6 is 11.8 Å². The third-order valence-electron chi connectivity index (χ3n) is 4.29. The van der Waals surface area contributed by atoms with Crippen molar-refractivity contribution in [2.45, 2.75) is 5.03 Å². The van der Waals surface area contributed by atoms with Gasteiger partial charge in [0.15, 0.2) is 11.5 Å². The van der Waals surface area contributed by atoms with Crippen LogP contribution in [0.1, 0.15) is 5.56 Å². The number of hydrogen-bond acceptors (Lipinski definition) is 7. The van der Waals surface area contributed by atoms with Gasteiger partial charge in [-0.25, -0.2) is 4.98 Å². The predicted molar refractivity (Wildman–Crippen MR) is 110 cm³/mol. The molecule has 1 aromatic heterocycles. The van der Waals surface area contributed by atoms with Crippen LogP contribution in [0.25, 0.3) is 10.9 Å². The van der Waals surface area contributed by atoms with Gasteiger partial charge in [-0.05, 0) is 24.3 Å². The first-order chi connectivity index (χ1) is 14.2. The van der Waals surface area contributed by atoms with E-state index in [1.807, 2.05) is 18.2 Å². The molecule has 1 aliphatic heterocycles. The van der Waals surface area contributed by atoms with Crippen LogP contribution in [0.5, 0.6) is 17.2 Å². The van der Waals surface area contributed by atoms with Gasteiger partial charge in [-0.15, -0.1) is 0 Å². The maximum absolute atomic E-state index is 12.4. The fourth-order valence-electron chi connectivity index (χ4n) is 2.95. The topological polar surface area (TPSA) is 93.5 Å². The van der Waals surface area contributed by atoms with Crippen LogP contribution in [0.2, 0.25) is 0 Å². The molecule has 0 unspecified atom stereocenters. The Kier molecular flexibility index (Phi) is 5.40. The highest BCUT2D eigenvalue weighted by molar-refractivity contribution is 8.00. The summed E-state index contributed by atoms with van der Waals surface area (Å²) < 4.78 is 16.4. The predicted octanol–water partition coefficient (Wildman–Crippen LogP) is 3.62. The second kappa shape index (κ2) is 8.29. The van der Waals surface area contributed by atoms with Crippen molar-refractivity contribution in [3.05, 3.63) is 48.0 Å². The molecule has 4 rings (SSSR count). The number of methoxy groups -OCH3 is 1. The third kappa shape index (κ3) is 4.05. The van der Waals surface area contributed by atoms with E-state index >= 15 is 0 Å². The van der Waals surface area contributed by atoms with Crippen molar-refractivity contribution in [2.75, 3.05) is 31.4 Å². The number of hydrogen-bond donors (Lipinski definition) is 1. The molecule has 3 aromatic rings. The summed E-state index contributed by atoms with van der Waals surface area (Å²) >= 11 is 1.21. The summed E-state index contributed by atoms with van der Waals surface area (Å²) in [6.07, 6.45) is 0. The highest BCUT2D eigenvalue weighted by Gasteiger charge is 2.16. The minimum Gasteiger partial charge on any atom is -0.495 e. The number of aromatic nitrogens is 1. The van der Waals surface area contributed by atoms with E-state index in [1.54, 1.807) is 31.4 Å². The van der Waals surface area contributed by atoms with E-state index in [2.05, 4.69) is 16.4 Å². The van der Waals surface area contributed by atoms with E-state index < -0.39 is 0 Å². The first-order valence-electron chi connectivity index (χ1n) is 8.88. The summed E-state index contributed by atoms with van der Waals surface area (Å²) in [5.74, 6) is 1.75. The Morgan fingerprint density at radius 1 is 1.24 bits per heavy atom. The molecule has 0 bridgehead atoms. The minimum atomic E-state index is -0.215. The van der Waals surface area contributed by atoms with Gasteiger partial charge in [-0.2, -0.15) is 5.26 Å². The molecule has 2 aromatic carbocycles. The number of carbonyl (C=O) groups excluding carboxylic acids is 1. The number of pyridine rings is 1. The monoisotopic (exact) mass is 407 g/mol. The van der Waals surface area contributed by atoms with E-state index in [-0.39, 0.29) is 11.7 Å². The van der Waals surface area contributed by atoms with Crippen LogP contribution in [-0.2, 0) is 4.79 Å². The summed E-state index contributed by atoms with van der Waals surface area (Å²) in [4.78, 5) is 16.9. The van der Waals surface area contributed by atoms with Gasteiger partial charge in [0.2, 0.25) is 5.91 Å². The quantitative estimate of drug-likeness (QED) is 0.646. The average Bonchev–Trinajstić information content (AvgIpc) is 2.76. The van der Waals surface area contributed by atoms with Gasteiger partial charge in [-0.1, -0.05) is 23.9 Å². The minimum absolute atomic E-state index is 0.107. The van der Waals surface area contributed by atoms with E-state index in [1.165, 1.54) is 11.8 Å². The van der Waals surface area contributed by atoms with Crippen molar-refractivity contribution in [3.8, 4) is 23.3 Å². The molecular weight excluding hydrogens is 390 g/mol. The highest BCUT2D eigenvalue weighted by Crippen LogP contribution is 2.35. The first kappa shape index (κ1) is 18.9. The fourth-order valence-corrected chi connectivity index (χ4v) is 3.71. The van der Waals surface area contributed by atoms with Crippen molar-refractivity contribution in [1.29, 1.82) is 5.26 Å². The number of fused-ring (bicyclic) bond motifs is 2. The Hall–Kier alpha value is -3.44. The van der Waals surface area contributed by atoms with Crippen molar-refractivity contribution in [3.63, 3.8) is 0 Å². The van der Waals surface area contributed by atoms with Crippen LogP contribution in [0.3, 0.4) is 0 Å². The van der Waals surface area contributed by atoms with E-state index in [0.29, 0.717) is 52.3 Å². The number of nitrogens with one attached hydrogen (secondary N) is 1. The van der Waals surface area contributed by atoms with Gasteiger partial charge in [0.25, 0.3) is 0 Å². The Bertz CT molecular complexity index is 1130. The SMILES string of the molecule is COc1ccccc1NC(=O)CSc1nc2cc3c(cc2cc1C#N)OCCO3. The lowest BCUT2D eigenvalue weighted by atomic mass is 10.1. The molecule has 1 N–H and O–H groups in total. The Balaban J connectivity index is 1.54. The zero-order chi connectivity index (χ0) is 20.2. The molecule has 7 nitrogen and oxygen atoms in total. The molecule has 0 fully saturated rings. The summed E-state index contributed by atoms with van der Waals surface area (Å²) in [5, 5.41) is 13.6. The Labute approximate surface area is 171 Å². The number of para-hydroxylation sites is 2. The number of thioether (sulfide) groups is 1. The highest BCUT2D eigenvalue weighted by atomic mass is 32.2. The molecular formula is C21H17N3O4S. The molecule has 0 saturated heterocycles. The van der Waals surface area contributed by atoms with Gasteiger partial charge < -0.3 is 19.5 Å². The average molecular weight is 407 g/mol. The zero-order valence-corrected chi connectivity index (χ0v) is 16.4. The standard InChI is InChI=1S/C21H17N3O4S/c1-26-17-5-3-2-4-15(17)23-20(25)12-29-21-14(11-22)8-13-9-18-19(10-16(13)24-21)28-7-6-27-18/h2-5,8-10H,6-7,12H2,1H3,(H,23,25). The van der Waals surface area contributed by atoms with Gasteiger partial charge >= 0.3 is 0 Å². The first-order valence-corrected chi connectivity index (χ1v) is 9.86. The summed E-state index contributed by atoms with van der Waals surface area (Å²) in [7, 11) is 1.55. The van der Waals surface area contributed by atoms with Crippen molar-refractivity contribution in [2.24, 2.45) is 0 Å². The normalized spacial score (nSPS) is 12.3. The van der Waals surface area contributed by atoms with Gasteiger partial charge in [0.05, 0.1) is 29.6 Å². The number of anilines is 1. The zero-order valence-electron chi connectivity index (χ0n) is 15.6. The molecule has 146 valence electrons. The summed E-state index contributed by atoms with van der Waals surface area (Å²) in [6.45, 7) is 0.978. The van der Waals surface area contributed by atoms with Gasteiger partial charge in [-0.3, -0.25) is 4.79 Å². The fraction of sp³-hybridized carbons (Fsp3) is 0.190. The molecule has 0 atom stereocenters. The Morgan fingerprint density at radius 3 is 2.76 bits per heavy atom. The maximum atomic E-state index is 12.4. The molecule has 0 aliphatic carbocycles. The van der Waals surface area contributed by atoms with Gasteiger partial charge in [0.1, 0.15) is 30.1 Å². The third-order valence-corrected chi connectivity index (χ3v) is 5.28. The lowest BCUT2D eigenvalue weighted by molar-refractivity contribution is -0.113. The molecule has 0 saturated carbocycles. The number of nitriles is 1. The van der Waals surface area contributed by atoms with Crippen LogP contribution in [0.4, 0.5) is 5.69 Å². The number of ether oxygens (including phenoxy) is 3.